The molecule has 0 aromatic rings. The van der Waals surface area contributed by atoms with Crippen LogP contribution in [0.5, 0.6) is 0 Å². The lowest BCUT2D eigenvalue weighted by Crippen LogP contribution is -2.39. The molecule has 0 radical (unpaired) electrons. The number of hydrogen-bond acceptors (Lipinski definition) is 11. The number of ether oxygens (including phenoxy) is 4. The zero-order chi connectivity index (χ0) is 71.9. The molecule has 2 rings (SSSR count). The number of carbonyl (C=O) groups excluding carboxylic acids is 5. The molecule has 13 nitrogen and oxygen atoms in total. The van der Waals surface area contributed by atoms with Gasteiger partial charge in [0.15, 0.2) is 0 Å². The maximum Gasteiger partial charge on any atom is 0.560 e. The van der Waals surface area contributed by atoms with Crippen LogP contribution in [0.2, 0.25) is 0 Å². The molecule has 13 heteroatoms. The van der Waals surface area contributed by atoms with Crippen LogP contribution in [0.25, 0.3) is 0 Å². The number of rotatable bonds is 76. The van der Waals surface area contributed by atoms with E-state index >= 15 is 0 Å². The third-order valence-electron chi connectivity index (χ3n) is 20.0. The van der Waals surface area contributed by atoms with Gasteiger partial charge in [-0.2, -0.15) is 4.79 Å². The van der Waals surface area contributed by atoms with E-state index in [0.717, 1.165) is 89.9 Å². The van der Waals surface area contributed by atoms with Crippen LogP contribution in [-0.4, -0.2) is 91.8 Å². The van der Waals surface area contributed by atoms with Crippen molar-refractivity contribution >= 4 is 29.8 Å². The van der Waals surface area contributed by atoms with Crippen LogP contribution in [0.15, 0.2) is 48.6 Å². The molecule has 0 aromatic heterocycles. The smallest absolute Gasteiger partial charge is 0.379 e. The third-order valence-corrected chi connectivity index (χ3v) is 20.0. The summed E-state index contributed by atoms with van der Waals surface area (Å²) in [4.78, 5) is 78.1. The molecule has 0 aromatic carbocycles. The highest BCUT2D eigenvalue weighted by Gasteiger charge is 2.46. The quantitative estimate of drug-likeness (QED) is 0.0326. The van der Waals surface area contributed by atoms with Gasteiger partial charge in [0.1, 0.15) is 0 Å². The van der Waals surface area contributed by atoms with Gasteiger partial charge in [0.05, 0.1) is 37.3 Å². The summed E-state index contributed by atoms with van der Waals surface area (Å²) in [6.45, 7) is 11.8. The van der Waals surface area contributed by atoms with Crippen LogP contribution in [-0.2, 0) is 47.8 Å². The average Bonchev–Trinajstić information content (AvgIpc) is 1.68. The Morgan fingerprint density at radius 2 is 0.520 bits per heavy atom. The molecule has 0 N–H and O–H groups in total. The van der Waals surface area contributed by atoms with Crippen molar-refractivity contribution < 1.29 is 52.6 Å². The predicted molar refractivity (Wildman–Crippen MR) is 416 cm³/mol. The SMILES string of the molecule is CCCCCCCC/C=C\CCCCCCCCOCC(CC1CC(=O)N(OC(=O)ON2C(=O)CC(CC(COCCCCCCCC/C=C\CCCCCCCC)OCCCCCCCC/C=C\CCCCCCCC)C2=O)C1=O)OCCCCCCCC/C=C\CCCCCCCC. The van der Waals surface area contributed by atoms with Gasteiger partial charge in [0, 0.05) is 39.3 Å². The summed E-state index contributed by atoms with van der Waals surface area (Å²) in [6, 6.07) is 0. The van der Waals surface area contributed by atoms with Gasteiger partial charge >= 0.3 is 6.16 Å². The lowest BCUT2D eigenvalue weighted by atomic mass is 10.00. The molecule has 2 saturated heterocycles. The highest BCUT2D eigenvalue weighted by molar-refractivity contribution is 6.04. The Morgan fingerprint density at radius 1 is 0.310 bits per heavy atom. The van der Waals surface area contributed by atoms with Crippen LogP contribution in [0.4, 0.5) is 4.79 Å². The highest BCUT2D eigenvalue weighted by atomic mass is 16.9. The summed E-state index contributed by atoms with van der Waals surface area (Å²) in [5.74, 6) is -4.43. The number of imide groups is 2. The Bertz CT molecular complexity index is 1890. The summed E-state index contributed by atoms with van der Waals surface area (Å²) < 4.78 is 25.1. The molecule has 0 bridgehead atoms. The van der Waals surface area contributed by atoms with Crippen molar-refractivity contribution in [3.05, 3.63) is 48.6 Å². The number of hydrogen-bond donors (Lipinski definition) is 0. The summed E-state index contributed by atoms with van der Waals surface area (Å²) in [5, 5.41) is 0.833. The van der Waals surface area contributed by atoms with Crippen LogP contribution < -0.4 is 0 Å². The largest absolute Gasteiger partial charge is 0.560 e. The van der Waals surface area contributed by atoms with E-state index in [1.54, 1.807) is 0 Å². The molecule has 4 unspecified atom stereocenters. The van der Waals surface area contributed by atoms with Gasteiger partial charge in [-0.05, 0) is 141 Å². The number of carbonyl (C=O) groups is 5. The van der Waals surface area contributed by atoms with Crippen molar-refractivity contribution in [2.45, 2.75) is 425 Å². The molecule has 4 amide bonds. The first kappa shape index (κ1) is 92.4. The Kier molecular flexibility index (Phi) is 65.6. The predicted octanol–water partition coefficient (Wildman–Crippen LogP) is 25.5. The zero-order valence-electron chi connectivity index (χ0n) is 65.5. The van der Waals surface area contributed by atoms with Crippen molar-refractivity contribution in [3.63, 3.8) is 0 Å². The lowest BCUT2D eigenvalue weighted by molar-refractivity contribution is -0.199. The Morgan fingerprint density at radius 3 is 0.760 bits per heavy atom. The molecule has 100 heavy (non-hydrogen) atoms. The molecular weight excluding hydrogens is 1250 g/mol. The molecule has 2 aliphatic heterocycles. The highest BCUT2D eigenvalue weighted by Crippen LogP contribution is 2.29. The number of allylic oxidation sites excluding steroid dienone is 8. The van der Waals surface area contributed by atoms with Gasteiger partial charge in [-0.25, -0.2) is 0 Å². The minimum absolute atomic E-state index is 0.184. The maximum atomic E-state index is 13.8. The summed E-state index contributed by atoms with van der Waals surface area (Å²) >= 11 is 0. The fourth-order valence-corrected chi connectivity index (χ4v) is 13.6. The molecule has 0 spiro atoms. The molecule has 4 atom stereocenters. The van der Waals surface area contributed by atoms with Crippen molar-refractivity contribution in [1.29, 1.82) is 0 Å². The lowest BCUT2D eigenvalue weighted by Gasteiger charge is -2.21. The van der Waals surface area contributed by atoms with E-state index in [0.29, 0.717) is 36.6 Å². The first-order chi connectivity index (χ1) is 49.2. The zero-order valence-corrected chi connectivity index (χ0v) is 65.5. The number of hydroxylamine groups is 4. The monoisotopic (exact) mass is 1410 g/mol. The topological polar surface area (TPSA) is 147 Å². The minimum atomic E-state index is -1.51. The van der Waals surface area contributed by atoms with Gasteiger partial charge in [0.2, 0.25) is 0 Å². The van der Waals surface area contributed by atoms with E-state index < -0.39 is 53.8 Å². The van der Waals surface area contributed by atoms with Crippen molar-refractivity contribution in [3.8, 4) is 0 Å². The van der Waals surface area contributed by atoms with Crippen molar-refractivity contribution in [2.75, 3.05) is 39.6 Å². The Balaban J connectivity index is 1.89. The van der Waals surface area contributed by atoms with E-state index in [4.69, 9.17) is 28.6 Å². The molecular formula is C87H156N2O11. The van der Waals surface area contributed by atoms with Gasteiger partial charge < -0.3 is 18.9 Å². The van der Waals surface area contributed by atoms with Crippen LogP contribution in [0, 0.1) is 11.8 Å². The van der Waals surface area contributed by atoms with Gasteiger partial charge in [0.25, 0.3) is 23.6 Å². The second-order valence-corrected chi connectivity index (χ2v) is 29.6. The van der Waals surface area contributed by atoms with E-state index in [1.165, 1.54) is 270 Å². The number of unbranched alkanes of at least 4 members (excludes halogenated alkanes) is 48. The molecule has 2 fully saturated rings. The third kappa shape index (κ3) is 54.9. The molecule has 2 aliphatic rings. The van der Waals surface area contributed by atoms with Crippen molar-refractivity contribution in [1.82, 2.24) is 10.1 Å². The first-order valence-electron chi connectivity index (χ1n) is 42.9. The van der Waals surface area contributed by atoms with E-state index in [-0.39, 0.29) is 38.9 Å². The number of amides is 4. The van der Waals surface area contributed by atoms with E-state index in [2.05, 4.69) is 76.3 Å². The summed E-state index contributed by atoms with van der Waals surface area (Å²) in [5.41, 5.74) is 0. The number of nitrogens with zero attached hydrogens (tertiary/aromatic N) is 2. The minimum Gasteiger partial charge on any atom is -0.379 e. The van der Waals surface area contributed by atoms with Gasteiger partial charge in [-0.3, -0.25) is 28.9 Å². The van der Waals surface area contributed by atoms with E-state index in [1.807, 2.05) is 0 Å². The Labute approximate surface area is 614 Å². The maximum absolute atomic E-state index is 13.8. The first-order valence-corrected chi connectivity index (χ1v) is 42.9. The van der Waals surface area contributed by atoms with Crippen LogP contribution >= 0.6 is 0 Å². The van der Waals surface area contributed by atoms with E-state index in [9.17, 15) is 24.0 Å². The normalized spacial score (nSPS) is 15.9. The second kappa shape index (κ2) is 71.0. The second-order valence-electron chi connectivity index (χ2n) is 29.6. The standard InChI is InChI=1S/C87H156N2O11/c1-5-9-13-17-21-25-29-33-37-41-45-49-53-57-61-65-69-95-77-81(97-71-67-63-59-55-51-47-43-39-35-31-27-23-19-15-11-7-3)73-79-75-83(90)88(85(79)92)99-87(94)100-89-84(91)76-80(86(89)93)74-82(98-72-68-64-60-56-52-48-44-40-36-32-28-24-20-16-12-8-4)78-96-70-66-62-58-54-50-46-42-38-34-30-26-22-18-14-10-6-2/h33-40,79-82H,5-32,41-78H2,1-4H3/b37-33-,38-34-,39-35-,40-36-. The molecule has 0 aliphatic carbocycles. The summed E-state index contributed by atoms with van der Waals surface area (Å²) in [6.07, 6.45) is 85.2. The molecule has 2 heterocycles. The van der Waals surface area contributed by atoms with Crippen molar-refractivity contribution in [2.24, 2.45) is 11.8 Å². The van der Waals surface area contributed by atoms with Gasteiger partial charge in [-0.15, -0.1) is 0 Å². The fourth-order valence-electron chi connectivity index (χ4n) is 13.6. The van der Waals surface area contributed by atoms with Gasteiger partial charge in [-0.1, -0.05) is 318 Å². The molecule has 0 saturated carbocycles. The summed E-state index contributed by atoms with van der Waals surface area (Å²) in [7, 11) is 0. The van der Waals surface area contributed by atoms with Crippen LogP contribution in [0.3, 0.4) is 0 Å². The average molecular weight is 1410 g/mol. The fraction of sp³-hybridized carbons (Fsp3) is 0.851. The molecule has 580 valence electrons. The Hall–Kier alpha value is -3.65. The van der Waals surface area contributed by atoms with Crippen LogP contribution in [0.1, 0.15) is 413 Å².